The number of carbonyl (C=O) groups excluding carboxylic acids is 2. The third-order valence-corrected chi connectivity index (χ3v) is 6.64. The molecule has 0 bridgehead atoms. The van der Waals surface area contributed by atoms with Gasteiger partial charge in [-0.25, -0.2) is 13.2 Å². The average Bonchev–Trinajstić information content (AvgIpc) is 2.69. The first-order chi connectivity index (χ1) is 12.9. The molecule has 2 fully saturated rings. The first-order valence-electron chi connectivity index (χ1n) is 8.93. The van der Waals surface area contributed by atoms with Crippen molar-refractivity contribution in [2.75, 3.05) is 33.4 Å². The molecule has 148 valence electrons. The maximum atomic E-state index is 12.8. The van der Waals surface area contributed by atoms with Crippen molar-refractivity contribution < 1.29 is 32.2 Å². The van der Waals surface area contributed by atoms with Crippen LogP contribution in [0.1, 0.15) is 36.0 Å². The lowest BCUT2D eigenvalue weighted by molar-refractivity contribution is -0.129. The minimum atomic E-state index is -3.76. The van der Waals surface area contributed by atoms with Crippen molar-refractivity contribution in [2.45, 2.75) is 36.7 Å². The van der Waals surface area contributed by atoms with E-state index in [-0.39, 0.29) is 35.1 Å². The lowest BCUT2D eigenvalue weighted by atomic mass is 9.96. The maximum absolute atomic E-state index is 12.8. The first kappa shape index (κ1) is 19.8. The zero-order chi connectivity index (χ0) is 19.4. The number of nitrogens with zero attached hydrogens (tertiary/aromatic N) is 1. The van der Waals surface area contributed by atoms with Gasteiger partial charge in [0.2, 0.25) is 10.0 Å². The van der Waals surface area contributed by atoms with Gasteiger partial charge in [-0.2, -0.15) is 4.31 Å². The van der Waals surface area contributed by atoms with E-state index in [1.54, 1.807) is 0 Å². The summed E-state index contributed by atoms with van der Waals surface area (Å²) in [5.74, 6) is -0.666. The molecule has 0 radical (unpaired) electrons. The van der Waals surface area contributed by atoms with E-state index < -0.39 is 22.1 Å². The van der Waals surface area contributed by atoms with Crippen LogP contribution >= 0.6 is 0 Å². The van der Waals surface area contributed by atoms with E-state index >= 15 is 0 Å². The second-order valence-electron chi connectivity index (χ2n) is 6.48. The molecular weight excluding hydrogens is 374 g/mol. The quantitative estimate of drug-likeness (QED) is 0.692. The Hall–Kier alpha value is -1.97. The smallest absolute Gasteiger partial charge is 0.342 e. The van der Waals surface area contributed by atoms with Crippen LogP contribution in [0.3, 0.4) is 0 Å². The van der Waals surface area contributed by atoms with Crippen molar-refractivity contribution in [2.24, 2.45) is 0 Å². The number of ether oxygens (including phenoxy) is 3. The molecule has 27 heavy (non-hydrogen) atoms. The van der Waals surface area contributed by atoms with E-state index in [1.165, 1.54) is 29.6 Å². The third kappa shape index (κ3) is 4.31. The summed E-state index contributed by atoms with van der Waals surface area (Å²) in [5, 5.41) is 0. The molecule has 8 nitrogen and oxygen atoms in total. The zero-order valence-electron chi connectivity index (χ0n) is 15.2. The Morgan fingerprint density at radius 2 is 1.96 bits per heavy atom. The number of ketones is 1. The molecule has 1 heterocycles. The van der Waals surface area contributed by atoms with Crippen LogP contribution < -0.4 is 4.74 Å². The fourth-order valence-electron chi connectivity index (χ4n) is 3.21. The largest absolute Gasteiger partial charge is 0.496 e. The minimum Gasteiger partial charge on any atom is -0.496 e. The van der Waals surface area contributed by atoms with Gasteiger partial charge in [0.1, 0.15) is 11.3 Å². The summed E-state index contributed by atoms with van der Waals surface area (Å²) in [4.78, 5) is 24.5. The van der Waals surface area contributed by atoms with Gasteiger partial charge in [-0.3, -0.25) is 4.79 Å². The molecule has 3 rings (SSSR count). The molecule has 0 unspecified atom stereocenters. The summed E-state index contributed by atoms with van der Waals surface area (Å²) in [6.45, 7) is 1.16. The van der Waals surface area contributed by atoms with Gasteiger partial charge >= 0.3 is 5.97 Å². The second-order valence-corrected chi connectivity index (χ2v) is 8.42. The number of hydrogen-bond acceptors (Lipinski definition) is 7. The second kappa shape index (κ2) is 8.37. The summed E-state index contributed by atoms with van der Waals surface area (Å²) < 4.78 is 42.7. The summed E-state index contributed by atoms with van der Waals surface area (Å²) in [6.07, 6.45) is 1.70. The Labute approximate surface area is 158 Å². The van der Waals surface area contributed by atoms with Crippen molar-refractivity contribution in [3.8, 4) is 5.75 Å². The summed E-state index contributed by atoms with van der Waals surface area (Å²) in [6, 6.07) is 4.07. The lowest BCUT2D eigenvalue weighted by Crippen LogP contribution is -2.40. The van der Waals surface area contributed by atoms with Crippen molar-refractivity contribution in [3.63, 3.8) is 0 Å². The van der Waals surface area contributed by atoms with Crippen LogP contribution in [0.4, 0.5) is 0 Å². The number of Topliss-reactive ketones (excluding diaryl/α,β-unsaturated/α-hetero) is 1. The van der Waals surface area contributed by atoms with Gasteiger partial charge in [-0.05, 0) is 37.5 Å². The molecular formula is C18H23NO7S. The minimum absolute atomic E-state index is 0.00907. The number of esters is 1. The highest BCUT2D eigenvalue weighted by Gasteiger charge is 2.30. The molecule has 1 saturated carbocycles. The van der Waals surface area contributed by atoms with Crippen molar-refractivity contribution in [3.05, 3.63) is 23.8 Å². The fraction of sp³-hybridized carbons (Fsp3) is 0.556. The molecule has 1 aromatic carbocycles. The first-order valence-corrected chi connectivity index (χ1v) is 10.4. The Kier molecular flexibility index (Phi) is 6.13. The van der Waals surface area contributed by atoms with Crippen LogP contribution in [0.2, 0.25) is 0 Å². The van der Waals surface area contributed by atoms with Gasteiger partial charge in [0, 0.05) is 19.5 Å². The number of carbonyl (C=O) groups is 2. The number of rotatable bonds is 5. The van der Waals surface area contributed by atoms with Crippen molar-refractivity contribution in [1.29, 1.82) is 0 Å². The predicted octanol–water partition coefficient (Wildman–Crippen LogP) is 1.38. The van der Waals surface area contributed by atoms with E-state index in [0.29, 0.717) is 26.1 Å². The lowest BCUT2D eigenvalue weighted by Gasteiger charge is -2.26. The third-order valence-electron chi connectivity index (χ3n) is 4.75. The van der Waals surface area contributed by atoms with Gasteiger partial charge in [-0.15, -0.1) is 0 Å². The van der Waals surface area contributed by atoms with Crippen LogP contribution in [-0.2, 0) is 24.3 Å². The van der Waals surface area contributed by atoms with Crippen LogP contribution in [0.5, 0.6) is 5.75 Å². The van der Waals surface area contributed by atoms with E-state index in [0.717, 1.165) is 12.8 Å². The molecule has 1 aliphatic heterocycles. The molecule has 1 aliphatic carbocycles. The highest BCUT2D eigenvalue weighted by Crippen LogP contribution is 2.27. The molecule has 0 amide bonds. The summed E-state index contributed by atoms with van der Waals surface area (Å²) >= 11 is 0. The number of hydrogen-bond donors (Lipinski definition) is 0. The maximum Gasteiger partial charge on any atom is 0.342 e. The number of benzene rings is 1. The Balaban J connectivity index is 1.86. The molecule has 1 saturated heterocycles. The SMILES string of the molecule is COc1ccc(S(=O)(=O)N2CCOCC2)cc1C(=O)O[C@H]1CCCCC1=O. The van der Waals surface area contributed by atoms with E-state index in [4.69, 9.17) is 14.2 Å². The predicted molar refractivity (Wildman–Crippen MR) is 95.3 cm³/mol. The number of methoxy groups -OCH3 is 1. The van der Waals surface area contributed by atoms with E-state index in [9.17, 15) is 18.0 Å². The Morgan fingerprint density at radius 3 is 2.63 bits per heavy atom. The monoisotopic (exact) mass is 397 g/mol. The van der Waals surface area contributed by atoms with Crippen LogP contribution in [0.15, 0.2) is 23.1 Å². The highest BCUT2D eigenvalue weighted by atomic mass is 32.2. The molecule has 0 spiro atoms. The van der Waals surface area contributed by atoms with Gasteiger partial charge in [0.05, 0.1) is 25.2 Å². The Morgan fingerprint density at radius 1 is 1.22 bits per heavy atom. The van der Waals surface area contributed by atoms with Gasteiger partial charge in [0.25, 0.3) is 0 Å². The molecule has 0 aromatic heterocycles. The van der Waals surface area contributed by atoms with E-state index in [2.05, 4.69) is 0 Å². The standard InChI is InChI=1S/C18H23NO7S/c1-24-16-7-6-13(27(22,23)19-8-10-25-11-9-19)12-14(16)18(21)26-17-5-3-2-4-15(17)20/h6-7,12,17H,2-5,8-11H2,1H3/t17-/m0/s1. The normalized spacial score (nSPS) is 21.7. The van der Waals surface area contributed by atoms with E-state index in [1.807, 2.05) is 0 Å². The molecule has 0 N–H and O–H groups in total. The molecule has 1 atom stereocenters. The number of morpholine rings is 1. The topological polar surface area (TPSA) is 99.2 Å². The van der Waals surface area contributed by atoms with Crippen molar-refractivity contribution in [1.82, 2.24) is 4.31 Å². The molecule has 9 heteroatoms. The number of sulfonamides is 1. The summed E-state index contributed by atoms with van der Waals surface area (Å²) in [5.41, 5.74) is -0.00907. The summed E-state index contributed by atoms with van der Waals surface area (Å²) in [7, 11) is -2.38. The van der Waals surface area contributed by atoms with Gasteiger partial charge in [0.15, 0.2) is 11.9 Å². The highest BCUT2D eigenvalue weighted by molar-refractivity contribution is 7.89. The van der Waals surface area contributed by atoms with Crippen molar-refractivity contribution >= 4 is 21.8 Å². The van der Waals surface area contributed by atoms with Crippen LogP contribution in [-0.4, -0.2) is 64.0 Å². The van der Waals surface area contributed by atoms with Crippen LogP contribution in [0, 0.1) is 0 Å². The zero-order valence-corrected chi connectivity index (χ0v) is 16.0. The van der Waals surface area contributed by atoms with Crippen LogP contribution in [0.25, 0.3) is 0 Å². The molecule has 1 aromatic rings. The molecule has 2 aliphatic rings. The Bertz CT molecular complexity index is 815. The van der Waals surface area contributed by atoms with Gasteiger partial charge in [-0.1, -0.05) is 0 Å². The fourth-order valence-corrected chi connectivity index (χ4v) is 4.65. The van der Waals surface area contributed by atoms with Gasteiger partial charge < -0.3 is 14.2 Å². The average molecular weight is 397 g/mol.